The van der Waals surface area contributed by atoms with Crippen molar-refractivity contribution in [3.8, 4) is 5.75 Å². The molecule has 1 aliphatic heterocycles. The average Bonchev–Trinajstić information content (AvgIpc) is 2.32. The number of ether oxygens (including phenoxy) is 1. The number of carbonyl (C=O) groups is 1. The Morgan fingerprint density at radius 1 is 1.59 bits per heavy atom. The molecule has 92 valence electrons. The first-order valence-corrected chi connectivity index (χ1v) is 5.84. The van der Waals surface area contributed by atoms with E-state index in [1.54, 1.807) is 11.0 Å². The maximum atomic E-state index is 12.2. The Bertz CT molecular complexity index is 436. The number of phenols is 1. The number of rotatable bonds is 1. The molecule has 0 saturated carbocycles. The summed E-state index contributed by atoms with van der Waals surface area (Å²) in [5.74, 6) is -0.251. The quantitative estimate of drug-likeness (QED) is 0.834. The number of benzene rings is 1. The monoisotopic (exact) mass is 255 g/mol. The second kappa shape index (κ2) is 4.94. The van der Waals surface area contributed by atoms with Crippen LogP contribution in [0.1, 0.15) is 17.3 Å². The number of aromatic hydroxyl groups is 1. The maximum Gasteiger partial charge on any atom is 0.258 e. The molecule has 17 heavy (non-hydrogen) atoms. The van der Waals surface area contributed by atoms with Crippen LogP contribution in [-0.4, -0.2) is 41.7 Å². The molecular formula is C12H14ClNO3. The summed E-state index contributed by atoms with van der Waals surface area (Å²) in [5, 5.41) is 10.1. The maximum absolute atomic E-state index is 12.2. The molecule has 0 spiro atoms. The number of hydrogen-bond acceptors (Lipinski definition) is 3. The minimum atomic E-state index is -0.208. The van der Waals surface area contributed by atoms with E-state index in [-0.39, 0.29) is 23.3 Å². The van der Waals surface area contributed by atoms with Crippen LogP contribution in [-0.2, 0) is 4.74 Å². The summed E-state index contributed by atoms with van der Waals surface area (Å²) in [5.41, 5.74) is 0.242. The van der Waals surface area contributed by atoms with E-state index < -0.39 is 0 Å². The SMILES string of the molecule is CC1COCCN1C(=O)c1cc(Cl)ccc1O. The molecule has 1 fully saturated rings. The van der Waals surface area contributed by atoms with Crippen LogP contribution in [0.4, 0.5) is 0 Å². The van der Waals surface area contributed by atoms with Crippen molar-refractivity contribution in [3.63, 3.8) is 0 Å². The lowest BCUT2D eigenvalue weighted by Gasteiger charge is -2.33. The van der Waals surface area contributed by atoms with Gasteiger partial charge >= 0.3 is 0 Å². The number of amides is 1. The Labute approximate surface area is 105 Å². The largest absolute Gasteiger partial charge is 0.507 e. The zero-order valence-electron chi connectivity index (χ0n) is 9.52. The topological polar surface area (TPSA) is 49.8 Å². The van der Waals surface area contributed by atoms with E-state index in [2.05, 4.69) is 0 Å². The molecule has 0 bridgehead atoms. The van der Waals surface area contributed by atoms with Gasteiger partial charge in [-0.3, -0.25) is 4.79 Å². The summed E-state index contributed by atoms with van der Waals surface area (Å²) in [7, 11) is 0. The predicted molar refractivity (Wildman–Crippen MR) is 64.4 cm³/mol. The Hall–Kier alpha value is -1.26. The second-order valence-electron chi connectivity index (χ2n) is 4.08. The third-order valence-corrected chi connectivity index (χ3v) is 3.05. The fourth-order valence-corrected chi connectivity index (χ4v) is 2.04. The normalized spacial score (nSPS) is 20.4. The minimum Gasteiger partial charge on any atom is -0.507 e. The minimum absolute atomic E-state index is 0.00892. The first-order chi connectivity index (χ1) is 8.09. The molecule has 4 nitrogen and oxygen atoms in total. The second-order valence-corrected chi connectivity index (χ2v) is 4.52. The highest BCUT2D eigenvalue weighted by molar-refractivity contribution is 6.31. The van der Waals surface area contributed by atoms with Gasteiger partial charge in [-0.2, -0.15) is 0 Å². The highest BCUT2D eigenvalue weighted by Crippen LogP contribution is 2.24. The van der Waals surface area contributed by atoms with E-state index in [1.807, 2.05) is 6.92 Å². The number of nitrogens with zero attached hydrogens (tertiary/aromatic N) is 1. The molecule has 1 heterocycles. The van der Waals surface area contributed by atoms with E-state index >= 15 is 0 Å². The van der Waals surface area contributed by atoms with Crippen LogP contribution in [0.2, 0.25) is 5.02 Å². The van der Waals surface area contributed by atoms with E-state index in [9.17, 15) is 9.90 Å². The number of carbonyl (C=O) groups excluding carboxylic acids is 1. The first kappa shape index (κ1) is 12.2. The molecule has 1 atom stereocenters. The van der Waals surface area contributed by atoms with Crippen LogP contribution in [0.25, 0.3) is 0 Å². The van der Waals surface area contributed by atoms with Crippen molar-refractivity contribution < 1.29 is 14.6 Å². The molecule has 1 saturated heterocycles. The fourth-order valence-electron chi connectivity index (χ4n) is 1.86. The Balaban J connectivity index is 2.26. The van der Waals surface area contributed by atoms with E-state index in [0.29, 0.717) is 24.8 Å². The molecule has 1 aromatic rings. The molecule has 1 unspecified atom stereocenters. The lowest BCUT2D eigenvalue weighted by molar-refractivity contribution is 0.00345. The van der Waals surface area contributed by atoms with E-state index in [0.717, 1.165) is 0 Å². The van der Waals surface area contributed by atoms with Crippen molar-refractivity contribution in [3.05, 3.63) is 28.8 Å². The van der Waals surface area contributed by atoms with Gasteiger partial charge in [0.25, 0.3) is 5.91 Å². The van der Waals surface area contributed by atoms with Gasteiger partial charge in [-0.1, -0.05) is 11.6 Å². The first-order valence-electron chi connectivity index (χ1n) is 5.47. The van der Waals surface area contributed by atoms with Crippen molar-refractivity contribution in [2.75, 3.05) is 19.8 Å². The van der Waals surface area contributed by atoms with Gasteiger partial charge in [0.05, 0.1) is 24.8 Å². The fraction of sp³-hybridized carbons (Fsp3) is 0.417. The van der Waals surface area contributed by atoms with Crippen molar-refractivity contribution in [1.29, 1.82) is 0 Å². The number of hydrogen-bond donors (Lipinski definition) is 1. The average molecular weight is 256 g/mol. The van der Waals surface area contributed by atoms with Gasteiger partial charge in [-0.15, -0.1) is 0 Å². The van der Waals surface area contributed by atoms with Gasteiger partial charge in [-0.25, -0.2) is 0 Å². The van der Waals surface area contributed by atoms with E-state index in [4.69, 9.17) is 16.3 Å². The molecule has 1 N–H and O–H groups in total. The summed E-state index contributed by atoms with van der Waals surface area (Å²) in [6, 6.07) is 4.48. The van der Waals surface area contributed by atoms with Gasteiger partial charge in [0, 0.05) is 11.6 Å². The summed E-state index contributed by atoms with van der Waals surface area (Å²) >= 11 is 5.83. The number of morpholine rings is 1. The van der Waals surface area contributed by atoms with Crippen molar-refractivity contribution in [2.45, 2.75) is 13.0 Å². The van der Waals surface area contributed by atoms with Gasteiger partial charge in [0.15, 0.2) is 0 Å². The molecule has 0 aromatic heterocycles. The molecule has 0 radical (unpaired) electrons. The highest BCUT2D eigenvalue weighted by atomic mass is 35.5. The summed E-state index contributed by atoms with van der Waals surface area (Å²) < 4.78 is 5.27. The zero-order chi connectivity index (χ0) is 12.4. The Kier molecular flexibility index (Phi) is 3.54. The summed E-state index contributed by atoms with van der Waals surface area (Å²) in [6.07, 6.45) is 0. The molecule has 1 aliphatic rings. The van der Waals surface area contributed by atoms with Crippen LogP contribution in [0.3, 0.4) is 0 Å². The molecule has 2 rings (SSSR count). The van der Waals surface area contributed by atoms with Crippen LogP contribution in [0.15, 0.2) is 18.2 Å². The van der Waals surface area contributed by atoms with Crippen LogP contribution in [0, 0.1) is 0 Å². The lowest BCUT2D eigenvalue weighted by Crippen LogP contribution is -2.47. The highest BCUT2D eigenvalue weighted by Gasteiger charge is 2.26. The van der Waals surface area contributed by atoms with Crippen molar-refractivity contribution in [2.24, 2.45) is 0 Å². The third-order valence-electron chi connectivity index (χ3n) is 2.82. The zero-order valence-corrected chi connectivity index (χ0v) is 10.3. The predicted octanol–water partition coefficient (Wildman–Crippen LogP) is 1.91. The summed E-state index contributed by atoms with van der Waals surface area (Å²) in [4.78, 5) is 13.9. The Morgan fingerprint density at radius 2 is 2.35 bits per heavy atom. The Morgan fingerprint density at radius 3 is 3.06 bits per heavy atom. The van der Waals surface area contributed by atoms with Crippen molar-refractivity contribution >= 4 is 17.5 Å². The van der Waals surface area contributed by atoms with Crippen LogP contribution in [0.5, 0.6) is 5.75 Å². The molecule has 0 aliphatic carbocycles. The van der Waals surface area contributed by atoms with Gasteiger partial charge in [-0.05, 0) is 25.1 Å². The van der Waals surface area contributed by atoms with Gasteiger partial charge in [0.1, 0.15) is 5.75 Å². The third kappa shape index (κ3) is 2.53. The van der Waals surface area contributed by atoms with Crippen LogP contribution >= 0.6 is 11.6 Å². The molecule has 1 aromatic carbocycles. The number of halogens is 1. The molecule has 5 heteroatoms. The van der Waals surface area contributed by atoms with Crippen molar-refractivity contribution in [1.82, 2.24) is 4.90 Å². The molecule has 1 amide bonds. The standard InChI is InChI=1S/C12H14ClNO3/c1-8-7-17-5-4-14(8)12(16)10-6-9(13)2-3-11(10)15/h2-3,6,8,15H,4-5,7H2,1H3. The van der Waals surface area contributed by atoms with Gasteiger partial charge in [0.2, 0.25) is 0 Å². The summed E-state index contributed by atoms with van der Waals surface area (Å²) in [6.45, 7) is 3.50. The smallest absolute Gasteiger partial charge is 0.258 e. The lowest BCUT2D eigenvalue weighted by atomic mass is 10.1. The number of phenolic OH excluding ortho intramolecular Hbond substituents is 1. The molecular weight excluding hydrogens is 242 g/mol. The van der Waals surface area contributed by atoms with E-state index in [1.165, 1.54) is 12.1 Å². The van der Waals surface area contributed by atoms with Gasteiger partial charge < -0.3 is 14.7 Å². The van der Waals surface area contributed by atoms with Crippen LogP contribution < -0.4 is 0 Å².